The van der Waals surface area contributed by atoms with E-state index < -0.39 is 4.92 Å². The summed E-state index contributed by atoms with van der Waals surface area (Å²) in [4.78, 5) is 31.9. The highest BCUT2D eigenvalue weighted by atomic mass is 16.6. The van der Waals surface area contributed by atoms with Gasteiger partial charge in [0, 0.05) is 23.5 Å². The lowest BCUT2D eigenvalue weighted by Gasteiger charge is -2.08. The third-order valence-corrected chi connectivity index (χ3v) is 4.66. The van der Waals surface area contributed by atoms with Gasteiger partial charge in [0.15, 0.2) is 0 Å². The van der Waals surface area contributed by atoms with E-state index in [1.165, 1.54) is 12.1 Å². The van der Waals surface area contributed by atoms with Crippen LogP contribution in [0.25, 0.3) is 11.1 Å². The van der Waals surface area contributed by atoms with Crippen LogP contribution in [0.4, 0.5) is 17.1 Å². The predicted molar refractivity (Wildman–Crippen MR) is 112 cm³/mol. The van der Waals surface area contributed by atoms with E-state index in [1.54, 1.807) is 6.07 Å². The highest BCUT2D eigenvalue weighted by Gasteiger charge is 2.20. The summed E-state index contributed by atoms with van der Waals surface area (Å²) in [5.41, 5.74) is 6.12. The molecule has 1 aromatic heterocycles. The molecule has 1 aliphatic rings. The molecule has 7 heteroatoms. The Hall–Kier alpha value is -3.87. The summed E-state index contributed by atoms with van der Waals surface area (Å²) >= 11 is 0. The second kappa shape index (κ2) is 7.27. The van der Waals surface area contributed by atoms with Crippen LogP contribution in [0, 0.1) is 24.0 Å². The summed E-state index contributed by atoms with van der Waals surface area (Å²) in [5.74, 6) is -0.260. The standard InChI is InChI=1S/C22H18N4O3/c1-13-8-17(9-14(2)23-13)15-4-3-5-16(10-15)20-12-22(27)25-21-11-18(26(28)29)6-7-19(21)24-20/h3-11H,12H2,1-2H3,(H,25,27). The quantitative estimate of drug-likeness (QED) is 0.519. The highest BCUT2D eigenvalue weighted by Crippen LogP contribution is 2.33. The highest BCUT2D eigenvalue weighted by molar-refractivity contribution is 6.17. The maximum atomic E-state index is 12.4. The lowest BCUT2D eigenvalue weighted by molar-refractivity contribution is -0.384. The average molecular weight is 386 g/mol. The molecule has 0 saturated carbocycles. The number of carbonyl (C=O) groups is 1. The number of hydrogen-bond donors (Lipinski definition) is 1. The van der Waals surface area contributed by atoms with Crippen molar-refractivity contribution in [3.63, 3.8) is 0 Å². The van der Waals surface area contributed by atoms with Gasteiger partial charge < -0.3 is 5.32 Å². The molecule has 1 N–H and O–H groups in total. The SMILES string of the molecule is Cc1cc(-c2cccc(C3=Nc4ccc([N+](=O)[O-])cc4NC(=O)C3)c2)cc(C)n1. The van der Waals surface area contributed by atoms with E-state index in [-0.39, 0.29) is 18.0 Å². The number of nitro benzene ring substituents is 1. The number of nitrogens with zero attached hydrogens (tertiary/aromatic N) is 3. The van der Waals surface area contributed by atoms with Crippen LogP contribution in [0.5, 0.6) is 0 Å². The first kappa shape index (κ1) is 18.5. The van der Waals surface area contributed by atoms with Gasteiger partial charge in [0.25, 0.3) is 5.69 Å². The van der Waals surface area contributed by atoms with Gasteiger partial charge in [-0.15, -0.1) is 0 Å². The van der Waals surface area contributed by atoms with Crippen LogP contribution >= 0.6 is 0 Å². The van der Waals surface area contributed by atoms with Crippen LogP contribution in [0.15, 0.2) is 59.6 Å². The molecule has 0 bridgehead atoms. The molecule has 7 nitrogen and oxygen atoms in total. The number of aryl methyl sites for hydroxylation is 2. The number of hydrogen-bond acceptors (Lipinski definition) is 5. The first-order valence-electron chi connectivity index (χ1n) is 9.11. The number of carbonyl (C=O) groups excluding carboxylic acids is 1. The predicted octanol–water partition coefficient (Wildman–Crippen LogP) is 4.74. The van der Waals surface area contributed by atoms with E-state index >= 15 is 0 Å². The molecule has 4 rings (SSSR count). The smallest absolute Gasteiger partial charge is 0.271 e. The number of aliphatic imine (C=N–C) groups is 1. The van der Waals surface area contributed by atoms with E-state index in [1.807, 2.05) is 50.2 Å². The fourth-order valence-corrected chi connectivity index (χ4v) is 3.41. The zero-order chi connectivity index (χ0) is 20.5. The third kappa shape index (κ3) is 3.89. The Morgan fingerprint density at radius 3 is 2.41 bits per heavy atom. The fraction of sp³-hybridized carbons (Fsp3) is 0.136. The second-order valence-corrected chi connectivity index (χ2v) is 6.96. The Bertz CT molecular complexity index is 1160. The number of fused-ring (bicyclic) bond motifs is 1. The number of non-ortho nitro benzene ring substituents is 1. The molecule has 1 aliphatic heterocycles. The van der Waals surface area contributed by atoms with E-state index in [0.717, 1.165) is 28.1 Å². The topological polar surface area (TPSA) is 97.5 Å². The van der Waals surface area contributed by atoms with Crippen molar-refractivity contribution >= 4 is 28.7 Å². The normalized spacial score (nSPS) is 13.2. The molecule has 3 aromatic rings. The number of nitrogens with one attached hydrogen (secondary N) is 1. The third-order valence-electron chi connectivity index (χ3n) is 4.66. The minimum atomic E-state index is -0.496. The summed E-state index contributed by atoms with van der Waals surface area (Å²) in [6, 6.07) is 16.1. The van der Waals surface area contributed by atoms with Gasteiger partial charge in [-0.1, -0.05) is 18.2 Å². The van der Waals surface area contributed by atoms with Gasteiger partial charge >= 0.3 is 0 Å². The Morgan fingerprint density at radius 2 is 1.69 bits per heavy atom. The molecule has 29 heavy (non-hydrogen) atoms. The Kier molecular flexibility index (Phi) is 4.64. The van der Waals surface area contributed by atoms with E-state index in [2.05, 4.69) is 15.3 Å². The molecule has 0 unspecified atom stereocenters. The molecular weight excluding hydrogens is 368 g/mol. The van der Waals surface area contributed by atoms with Gasteiger partial charge in [-0.05, 0) is 54.8 Å². The summed E-state index contributed by atoms with van der Waals surface area (Å²) < 4.78 is 0. The second-order valence-electron chi connectivity index (χ2n) is 6.96. The van der Waals surface area contributed by atoms with Crippen LogP contribution in [-0.4, -0.2) is 21.5 Å². The van der Waals surface area contributed by atoms with E-state index in [9.17, 15) is 14.9 Å². The number of aromatic nitrogens is 1. The van der Waals surface area contributed by atoms with Gasteiger partial charge in [0.1, 0.15) is 0 Å². The van der Waals surface area contributed by atoms with Crippen molar-refractivity contribution in [3.05, 3.63) is 81.7 Å². The van der Waals surface area contributed by atoms with Crippen LogP contribution in [0.3, 0.4) is 0 Å². The Labute approximate surface area is 167 Å². The maximum Gasteiger partial charge on any atom is 0.271 e. The fourth-order valence-electron chi connectivity index (χ4n) is 3.41. The van der Waals surface area contributed by atoms with E-state index in [4.69, 9.17) is 0 Å². The van der Waals surface area contributed by atoms with Crippen LogP contribution in [-0.2, 0) is 4.79 Å². The van der Waals surface area contributed by atoms with Crippen molar-refractivity contribution in [1.82, 2.24) is 4.98 Å². The molecule has 0 fully saturated rings. The molecule has 0 spiro atoms. The lowest BCUT2D eigenvalue weighted by atomic mass is 9.99. The first-order chi connectivity index (χ1) is 13.9. The number of anilines is 1. The number of pyridine rings is 1. The molecule has 0 radical (unpaired) electrons. The summed E-state index contributed by atoms with van der Waals surface area (Å²) in [5, 5.41) is 13.7. The number of nitro groups is 1. The van der Waals surface area contributed by atoms with Crippen LogP contribution in [0.1, 0.15) is 23.4 Å². The van der Waals surface area contributed by atoms with Gasteiger partial charge in [0.2, 0.25) is 5.91 Å². The molecule has 2 aromatic carbocycles. The van der Waals surface area contributed by atoms with Crippen molar-refractivity contribution in [2.24, 2.45) is 4.99 Å². The summed E-state index contributed by atoms with van der Waals surface area (Å²) in [6.45, 7) is 3.91. The minimum absolute atomic E-state index is 0.0837. The van der Waals surface area contributed by atoms with Gasteiger partial charge in [-0.3, -0.25) is 24.9 Å². The Balaban J connectivity index is 1.77. The van der Waals surface area contributed by atoms with Gasteiger partial charge in [-0.25, -0.2) is 0 Å². The van der Waals surface area contributed by atoms with Crippen molar-refractivity contribution in [2.75, 3.05) is 5.32 Å². The van der Waals surface area contributed by atoms with Crippen LogP contribution < -0.4 is 5.32 Å². The molecule has 2 heterocycles. The summed E-state index contributed by atoms with van der Waals surface area (Å²) in [7, 11) is 0. The van der Waals surface area contributed by atoms with Crippen molar-refractivity contribution in [2.45, 2.75) is 20.3 Å². The van der Waals surface area contributed by atoms with Gasteiger partial charge in [-0.2, -0.15) is 0 Å². The molecule has 0 aliphatic carbocycles. The maximum absolute atomic E-state index is 12.4. The minimum Gasteiger partial charge on any atom is -0.324 e. The number of benzene rings is 2. The number of rotatable bonds is 3. The summed E-state index contributed by atoms with van der Waals surface area (Å²) in [6.07, 6.45) is 0.0837. The monoisotopic (exact) mass is 386 g/mol. The average Bonchev–Trinajstić information content (AvgIpc) is 2.84. The number of amides is 1. The zero-order valence-corrected chi connectivity index (χ0v) is 16.0. The van der Waals surface area contributed by atoms with Gasteiger partial charge in [0.05, 0.1) is 28.4 Å². The molecule has 0 atom stereocenters. The largest absolute Gasteiger partial charge is 0.324 e. The Morgan fingerprint density at radius 1 is 0.966 bits per heavy atom. The zero-order valence-electron chi connectivity index (χ0n) is 16.0. The molecule has 0 saturated heterocycles. The van der Waals surface area contributed by atoms with Crippen molar-refractivity contribution in [3.8, 4) is 11.1 Å². The van der Waals surface area contributed by atoms with Crippen molar-refractivity contribution < 1.29 is 9.72 Å². The molecular formula is C22H18N4O3. The molecule has 144 valence electrons. The molecule has 1 amide bonds. The lowest BCUT2D eigenvalue weighted by Crippen LogP contribution is -2.15. The van der Waals surface area contributed by atoms with Crippen molar-refractivity contribution in [1.29, 1.82) is 0 Å². The van der Waals surface area contributed by atoms with E-state index in [0.29, 0.717) is 17.1 Å². The van der Waals surface area contributed by atoms with Crippen LogP contribution in [0.2, 0.25) is 0 Å². The first-order valence-corrected chi connectivity index (χ1v) is 9.11.